The lowest BCUT2D eigenvalue weighted by Gasteiger charge is -2.08. The van der Waals surface area contributed by atoms with Gasteiger partial charge in [0, 0.05) is 18.8 Å². The molecule has 0 amide bonds. The molecule has 0 aliphatic heterocycles. The molecule has 0 spiro atoms. The zero-order valence-electron chi connectivity index (χ0n) is 10.1. The van der Waals surface area contributed by atoms with Crippen molar-refractivity contribution in [1.29, 1.82) is 0 Å². The van der Waals surface area contributed by atoms with Crippen molar-refractivity contribution in [3.8, 4) is 11.4 Å². The highest BCUT2D eigenvalue weighted by Gasteiger charge is 2.08. The third-order valence-electron chi connectivity index (χ3n) is 2.61. The van der Waals surface area contributed by atoms with Gasteiger partial charge in [0.15, 0.2) is 5.82 Å². The molecule has 1 aromatic carbocycles. The number of anilines is 1. The Morgan fingerprint density at radius 2 is 2.00 bits per heavy atom. The molecule has 1 heterocycles. The minimum atomic E-state index is 0.774. The van der Waals surface area contributed by atoms with Crippen LogP contribution in [0, 0.1) is 17.4 Å². The number of rotatable bonds is 2. The summed E-state index contributed by atoms with van der Waals surface area (Å²) in [4.78, 5) is 8.93. The van der Waals surface area contributed by atoms with Crippen LogP contribution in [-0.2, 0) is 0 Å². The van der Waals surface area contributed by atoms with Crippen molar-refractivity contribution in [2.75, 3.05) is 12.4 Å². The van der Waals surface area contributed by atoms with Gasteiger partial charge in [0.2, 0.25) is 0 Å². The summed E-state index contributed by atoms with van der Waals surface area (Å²) in [5.74, 6) is 1.65. The first-order valence-corrected chi connectivity index (χ1v) is 6.47. The van der Waals surface area contributed by atoms with E-state index in [1.54, 1.807) is 0 Å². The van der Waals surface area contributed by atoms with Gasteiger partial charge in [-0.1, -0.05) is 17.7 Å². The molecular weight excluding hydrogens is 325 g/mol. The van der Waals surface area contributed by atoms with Gasteiger partial charge in [-0.05, 0) is 48.1 Å². The topological polar surface area (TPSA) is 37.8 Å². The van der Waals surface area contributed by atoms with Crippen LogP contribution in [0.4, 0.5) is 5.82 Å². The third-order valence-corrected chi connectivity index (χ3v) is 3.40. The van der Waals surface area contributed by atoms with Gasteiger partial charge in [-0.25, -0.2) is 9.97 Å². The van der Waals surface area contributed by atoms with Crippen molar-refractivity contribution in [2.24, 2.45) is 0 Å². The van der Waals surface area contributed by atoms with Crippen LogP contribution in [0.5, 0.6) is 0 Å². The van der Waals surface area contributed by atoms with Crippen LogP contribution in [0.1, 0.15) is 11.1 Å². The molecule has 0 fully saturated rings. The Labute approximate surface area is 115 Å². The number of nitrogens with zero attached hydrogens (tertiary/aromatic N) is 2. The summed E-state index contributed by atoms with van der Waals surface area (Å²) in [5.41, 5.74) is 3.51. The molecule has 1 aromatic heterocycles. The summed E-state index contributed by atoms with van der Waals surface area (Å²) in [5, 5.41) is 3.08. The van der Waals surface area contributed by atoms with Crippen molar-refractivity contribution in [1.82, 2.24) is 9.97 Å². The first kappa shape index (κ1) is 12.3. The SMILES string of the molecule is CNc1nc(-c2cc(C)ccc2C)ncc1I. The fourth-order valence-electron chi connectivity index (χ4n) is 1.65. The van der Waals surface area contributed by atoms with E-state index >= 15 is 0 Å². The lowest BCUT2D eigenvalue weighted by Crippen LogP contribution is -2.00. The summed E-state index contributed by atoms with van der Waals surface area (Å²) >= 11 is 2.22. The standard InChI is InChI=1S/C13H14IN3/c1-8-4-5-9(2)10(6-8)12-16-7-11(14)13(15-3)17-12/h4-7H,1-3H3,(H,15,16,17). The van der Waals surface area contributed by atoms with E-state index in [9.17, 15) is 0 Å². The number of aryl methyl sites for hydroxylation is 2. The van der Waals surface area contributed by atoms with Crippen LogP contribution >= 0.6 is 22.6 Å². The molecule has 0 saturated heterocycles. The van der Waals surface area contributed by atoms with Gasteiger partial charge >= 0.3 is 0 Å². The van der Waals surface area contributed by atoms with E-state index in [4.69, 9.17) is 0 Å². The fraction of sp³-hybridized carbons (Fsp3) is 0.231. The second kappa shape index (κ2) is 5.00. The first-order valence-electron chi connectivity index (χ1n) is 5.39. The van der Waals surface area contributed by atoms with E-state index in [1.165, 1.54) is 11.1 Å². The lowest BCUT2D eigenvalue weighted by atomic mass is 10.1. The predicted molar refractivity (Wildman–Crippen MR) is 79.2 cm³/mol. The molecule has 0 aliphatic carbocycles. The largest absolute Gasteiger partial charge is 0.372 e. The van der Waals surface area contributed by atoms with Gasteiger partial charge in [0.25, 0.3) is 0 Å². The van der Waals surface area contributed by atoms with Crippen molar-refractivity contribution in [3.63, 3.8) is 0 Å². The second-order valence-corrected chi connectivity index (χ2v) is 5.12. The highest BCUT2D eigenvalue weighted by molar-refractivity contribution is 14.1. The molecule has 17 heavy (non-hydrogen) atoms. The Morgan fingerprint density at radius 3 is 2.71 bits per heavy atom. The van der Waals surface area contributed by atoms with Crippen molar-refractivity contribution >= 4 is 28.4 Å². The van der Waals surface area contributed by atoms with E-state index in [1.807, 2.05) is 13.2 Å². The fourth-order valence-corrected chi connectivity index (χ4v) is 2.18. The molecule has 2 aromatic rings. The molecule has 0 unspecified atom stereocenters. The summed E-state index contributed by atoms with van der Waals surface area (Å²) in [6, 6.07) is 6.33. The van der Waals surface area contributed by atoms with E-state index in [2.05, 4.69) is 69.9 Å². The molecular formula is C13H14IN3. The number of hydrogen-bond donors (Lipinski definition) is 1. The first-order chi connectivity index (χ1) is 8.11. The number of hydrogen-bond acceptors (Lipinski definition) is 3. The van der Waals surface area contributed by atoms with Crippen LogP contribution in [0.3, 0.4) is 0 Å². The van der Waals surface area contributed by atoms with Crippen LogP contribution in [-0.4, -0.2) is 17.0 Å². The third kappa shape index (κ3) is 2.57. The molecule has 3 nitrogen and oxygen atoms in total. The van der Waals surface area contributed by atoms with Crippen molar-refractivity contribution < 1.29 is 0 Å². The van der Waals surface area contributed by atoms with E-state index in [0.717, 1.165) is 20.8 Å². The second-order valence-electron chi connectivity index (χ2n) is 3.96. The van der Waals surface area contributed by atoms with Gasteiger partial charge in [-0.2, -0.15) is 0 Å². The highest BCUT2D eigenvalue weighted by atomic mass is 127. The number of nitrogens with one attached hydrogen (secondary N) is 1. The summed E-state index contributed by atoms with van der Waals surface area (Å²) in [6.07, 6.45) is 1.84. The summed E-state index contributed by atoms with van der Waals surface area (Å²) in [6.45, 7) is 4.16. The zero-order valence-corrected chi connectivity index (χ0v) is 12.2. The van der Waals surface area contributed by atoms with Crippen LogP contribution in [0.25, 0.3) is 11.4 Å². The zero-order chi connectivity index (χ0) is 12.4. The Balaban J connectivity index is 2.56. The molecule has 4 heteroatoms. The maximum Gasteiger partial charge on any atom is 0.161 e. The smallest absolute Gasteiger partial charge is 0.161 e. The average molecular weight is 339 g/mol. The van der Waals surface area contributed by atoms with Gasteiger partial charge in [0.05, 0.1) is 3.57 Å². The molecule has 0 aliphatic rings. The minimum Gasteiger partial charge on any atom is -0.372 e. The van der Waals surface area contributed by atoms with Crippen molar-refractivity contribution in [3.05, 3.63) is 39.1 Å². The van der Waals surface area contributed by atoms with Crippen LogP contribution in [0.15, 0.2) is 24.4 Å². The minimum absolute atomic E-state index is 0.774. The molecule has 1 N–H and O–H groups in total. The summed E-state index contributed by atoms with van der Waals surface area (Å²) in [7, 11) is 1.87. The van der Waals surface area contributed by atoms with E-state index in [0.29, 0.717) is 0 Å². The van der Waals surface area contributed by atoms with Crippen LogP contribution in [0.2, 0.25) is 0 Å². The molecule has 0 saturated carbocycles. The molecule has 0 atom stereocenters. The Kier molecular flexibility index (Phi) is 3.61. The molecule has 0 radical (unpaired) electrons. The number of benzene rings is 1. The average Bonchev–Trinajstić information content (AvgIpc) is 2.33. The Bertz CT molecular complexity index is 552. The quantitative estimate of drug-likeness (QED) is 0.852. The monoisotopic (exact) mass is 339 g/mol. The normalized spacial score (nSPS) is 10.4. The van der Waals surface area contributed by atoms with Gasteiger partial charge in [0.1, 0.15) is 5.82 Å². The van der Waals surface area contributed by atoms with Crippen LogP contribution < -0.4 is 5.32 Å². The maximum absolute atomic E-state index is 4.53. The molecule has 0 bridgehead atoms. The van der Waals surface area contributed by atoms with Crippen molar-refractivity contribution in [2.45, 2.75) is 13.8 Å². The maximum atomic E-state index is 4.53. The summed E-state index contributed by atoms with van der Waals surface area (Å²) < 4.78 is 1.03. The number of aromatic nitrogens is 2. The highest BCUT2D eigenvalue weighted by Crippen LogP contribution is 2.23. The Hall–Kier alpha value is -1.17. The van der Waals surface area contributed by atoms with E-state index < -0.39 is 0 Å². The molecule has 88 valence electrons. The van der Waals surface area contributed by atoms with Gasteiger partial charge in [-0.3, -0.25) is 0 Å². The predicted octanol–water partition coefficient (Wildman–Crippen LogP) is 3.41. The van der Waals surface area contributed by atoms with Gasteiger partial charge < -0.3 is 5.32 Å². The van der Waals surface area contributed by atoms with Gasteiger partial charge in [-0.15, -0.1) is 0 Å². The lowest BCUT2D eigenvalue weighted by molar-refractivity contribution is 1.14. The van der Waals surface area contributed by atoms with E-state index in [-0.39, 0.29) is 0 Å². The molecule has 2 rings (SSSR count). The Morgan fingerprint density at radius 1 is 1.24 bits per heavy atom. The number of halogens is 1.